The molecule has 20 heavy (non-hydrogen) atoms. The number of hydrogen-bond donors (Lipinski definition) is 1. The highest BCUT2D eigenvalue weighted by atomic mass is 19.1. The smallest absolute Gasteiger partial charge is 0.269 e. The molecule has 5 nitrogen and oxygen atoms in total. The van der Waals surface area contributed by atoms with Crippen LogP contribution in [-0.2, 0) is 6.54 Å². The summed E-state index contributed by atoms with van der Waals surface area (Å²) < 4.78 is 14.9. The van der Waals surface area contributed by atoms with Crippen molar-refractivity contribution in [2.24, 2.45) is 0 Å². The standard InChI is InChI=1S/C14H17FN4O/c1-9-6-13(17-8-12(9)15)14(20)16-4-5-19-11(3)7-10(2)18-19/h6-8H,4-5H2,1-3H3,(H,16,20). The van der Waals surface area contributed by atoms with Crippen molar-refractivity contribution < 1.29 is 9.18 Å². The molecule has 1 amide bonds. The summed E-state index contributed by atoms with van der Waals surface area (Å²) >= 11 is 0. The largest absolute Gasteiger partial charge is 0.349 e. The zero-order chi connectivity index (χ0) is 14.7. The third-order valence-electron chi connectivity index (χ3n) is 2.99. The van der Waals surface area contributed by atoms with Gasteiger partial charge in [-0.05, 0) is 38.5 Å². The zero-order valence-corrected chi connectivity index (χ0v) is 11.8. The van der Waals surface area contributed by atoms with Crippen molar-refractivity contribution in [3.8, 4) is 0 Å². The van der Waals surface area contributed by atoms with Crippen LogP contribution in [0.2, 0.25) is 0 Å². The molecule has 0 saturated carbocycles. The first kappa shape index (κ1) is 14.2. The molecule has 2 aromatic heterocycles. The van der Waals surface area contributed by atoms with E-state index in [1.807, 2.05) is 24.6 Å². The molecular weight excluding hydrogens is 259 g/mol. The van der Waals surface area contributed by atoms with Gasteiger partial charge in [-0.1, -0.05) is 0 Å². The molecule has 0 atom stereocenters. The number of nitrogens with one attached hydrogen (secondary N) is 1. The van der Waals surface area contributed by atoms with Crippen LogP contribution in [0.25, 0.3) is 0 Å². The topological polar surface area (TPSA) is 59.8 Å². The lowest BCUT2D eigenvalue weighted by Gasteiger charge is -2.07. The predicted molar refractivity (Wildman–Crippen MR) is 73.0 cm³/mol. The number of amides is 1. The fraction of sp³-hybridized carbons (Fsp3) is 0.357. The summed E-state index contributed by atoms with van der Waals surface area (Å²) in [6, 6.07) is 3.42. The Morgan fingerprint density at radius 2 is 2.10 bits per heavy atom. The zero-order valence-electron chi connectivity index (χ0n) is 11.8. The number of aryl methyl sites for hydroxylation is 3. The fourth-order valence-corrected chi connectivity index (χ4v) is 1.93. The van der Waals surface area contributed by atoms with Crippen LogP contribution in [0.3, 0.4) is 0 Å². The highest BCUT2D eigenvalue weighted by molar-refractivity contribution is 5.92. The highest BCUT2D eigenvalue weighted by Gasteiger charge is 2.09. The van der Waals surface area contributed by atoms with E-state index in [0.717, 1.165) is 17.6 Å². The number of carbonyl (C=O) groups is 1. The molecule has 0 unspecified atom stereocenters. The van der Waals surface area contributed by atoms with Gasteiger partial charge in [-0.2, -0.15) is 5.10 Å². The molecule has 0 saturated heterocycles. The monoisotopic (exact) mass is 276 g/mol. The second-order valence-corrected chi connectivity index (χ2v) is 4.72. The van der Waals surface area contributed by atoms with Crippen molar-refractivity contribution in [2.75, 3.05) is 6.54 Å². The van der Waals surface area contributed by atoms with E-state index in [2.05, 4.69) is 15.4 Å². The van der Waals surface area contributed by atoms with Gasteiger partial charge < -0.3 is 5.32 Å². The molecule has 106 valence electrons. The van der Waals surface area contributed by atoms with Crippen LogP contribution in [0.5, 0.6) is 0 Å². The molecule has 0 spiro atoms. The lowest BCUT2D eigenvalue weighted by molar-refractivity contribution is 0.0946. The Bertz CT molecular complexity index is 636. The molecule has 0 fully saturated rings. The average molecular weight is 276 g/mol. The summed E-state index contributed by atoms with van der Waals surface area (Å²) in [4.78, 5) is 15.6. The van der Waals surface area contributed by atoms with E-state index in [-0.39, 0.29) is 11.6 Å². The molecule has 2 aromatic rings. The number of halogens is 1. The van der Waals surface area contributed by atoms with Gasteiger partial charge in [-0.25, -0.2) is 9.37 Å². The minimum Gasteiger partial charge on any atom is -0.349 e. The first-order valence-electron chi connectivity index (χ1n) is 6.39. The maximum Gasteiger partial charge on any atom is 0.269 e. The van der Waals surface area contributed by atoms with Crippen LogP contribution in [0.15, 0.2) is 18.3 Å². The van der Waals surface area contributed by atoms with Crippen LogP contribution in [0.4, 0.5) is 4.39 Å². The van der Waals surface area contributed by atoms with Crippen LogP contribution < -0.4 is 5.32 Å². The molecule has 6 heteroatoms. The number of nitrogens with zero attached hydrogens (tertiary/aromatic N) is 3. The molecular formula is C14H17FN4O. The number of pyridine rings is 1. The lowest BCUT2D eigenvalue weighted by Crippen LogP contribution is -2.28. The van der Waals surface area contributed by atoms with Gasteiger partial charge in [0.05, 0.1) is 18.4 Å². The maximum atomic E-state index is 13.1. The maximum absolute atomic E-state index is 13.1. The Morgan fingerprint density at radius 1 is 1.35 bits per heavy atom. The molecule has 0 radical (unpaired) electrons. The normalized spacial score (nSPS) is 10.6. The summed E-state index contributed by atoms with van der Waals surface area (Å²) in [5.74, 6) is -0.723. The quantitative estimate of drug-likeness (QED) is 0.926. The molecule has 0 aliphatic carbocycles. The van der Waals surface area contributed by atoms with E-state index < -0.39 is 5.82 Å². The molecule has 2 rings (SSSR count). The summed E-state index contributed by atoms with van der Waals surface area (Å²) in [7, 11) is 0. The van der Waals surface area contributed by atoms with Gasteiger partial charge in [0.1, 0.15) is 11.5 Å². The Kier molecular flexibility index (Phi) is 4.12. The fourth-order valence-electron chi connectivity index (χ4n) is 1.93. The van der Waals surface area contributed by atoms with Gasteiger partial charge in [-0.15, -0.1) is 0 Å². The Balaban J connectivity index is 1.92. The number of rotatable bonds is 4. The van der Waals surface area contributed by atoms with Gasteiger partial charge in [-0.3, -0.25) is 9.48 Å². The average Bonchev–Trinajstić information content (AvgIpc) is 2.71. The molecule has 0 aliphatic rings. The molecule has 0 bridgehead atoms. The summed E-state index contributed by atoms with van der Waals surface area (Å²) in [6.07, 6.45) is 1.06. The van der Waals surface area contributed by atoms with Crippen molar-refractivity contribution >= 4 is 5.91 Å². The molecule has 0 aromatic carbocycles. The van der Waals surface area contributed by atoms with Crippen molar-refractivity contribution in [3.05, 3.63) is 46.8 Å². The van der Waals surface area contributed by atoms with Crippen molar-refractivity contribution in [2.45, 2.75) is 27.3 Å². The van der Waals surface area contributed by atoms with Crippen LogP contribution >= 0.6 is 0 Å². The van der Waals surface area contributed by atoms with E-state index in [4.69, 9.17) is 0 Å². The minimum absolute atomic E-state index is 0.220. The van der Waals surface area contributed by atoms with E-state index in [1.54, 1.807) is 6.92 Å². The predicted octanol–water partition coefficient (Wildman–Crippen LogP) is 1.77. The second kappa shape index (κ2) is 5.81. The minimum atomic E-state index is -0.413. The van der Waals surface area contributed by atoms with E-state index in [0.29, 0.717) is 18.7 Å². The van der Waals surface area contributed by atoms with Crippen LogP contribution in [-0.4, -0.2) is 27.2 Å². The van der Waals surface area contributed by atoms with Crippen molar-refractivity contribution in [1.29, 1.82) is 0 Å². The number of hydrogen-bond acceptors (Lipinski definition) is 3. The van der Waals surface area contributed by atoms with E-state index in [1.165, 1.54) is 6.07 Å². The number of aromatic nitrogens is 3. The molecule has 1 N–H and O–H groups in total. The van der Waals surface area contributed by atoms with Crippen molar-refractivity contribution in [1.82, 2.24) is 20.1 Å². The van der Waals surface area contributed by atoms with Crippen molar-refractivity contribution in [3.63, 3.8) is 0 Å². The van der Waals surface area contributed by atoms with Gasteiger partial charge in [0.25, 0.3) is 5.91 Å². The van der Waals surface area contributed by atoms with Crippen LogP contribution in [0, 0.1) is 26.6 Å². The number of carbonyl (C=O) groups excluding carboxylic acids is 1. The van der Waals surface area contributed by atoms with Gasteiger partial charge >= 0.3 is 0 Å². The second-order valence-electron chi connectivity index (χ2n) is 4.72. The Hall–Kier alpha value is -2.24. The van der Waals surface area contributed by atoms with E-state index in [9.17, 15) is 9.18 Å². The Labute approximate surface area is 116 Å². The van der Waals surface area contributed by atoms with Gasteiger partial charge in [0.2, 0.25) is 0 Å². The van der Waals surface area contributed by atoms with E-state index >= 15 is 0 Å². The highest BCUT2D eigenvalue weighted by Crippen LogP contribution is 2.06. The SMILES string of the molecule is Cc1cc(C)n(CCNC(=O)c2cc(C)c(F)cn2)n1. The first-order valence-corrected chi connectivity index (χ1v) is 6.39. The van der Waals surface area contributed by atoms with Crippen LogP contribution in [0.1, 0.15) is 27.4 Å². The molecule has 0 aliphatic heterocycles. The molecule has 2 heterocycles. The third kappa shape index (κ3) is 3.20. The summed E-state index contributed by atoms with van der Waals surface area (Å²) in [6.45, 7) is 6.52. The summed E-state index contributed by atoms with van der Waals surface area (Å²) in [5.41, 5.74) is 2.62. The lowest BCUT2D eigenvalue weighted by atomic mass is 10.2. The van der Waals surface area contributed by atoms with Gasteiger partial charge in [0, 0.05) is 12.2 Å². The third-order valence-corrected chi connectivity index (χ3v) is 2.99. The summed E-state index contributed by atoms with van der Waals surface area (Å²) in [5, 5.41) is 7.05. The van der Waals surface area contributed by atoms with Gasteiger partial charge in [0.15, 0.2) is 0 Å². The first-order chi connectivity index (χ1) is 9.47. The Morgan fingerprint density at radius 3 is 2.70 bits per heavy atom.